The van der Waals surface area contributed by atoms with E-state index in [4.69, 9.17) is 4.74 Å². The summed E-state index contributed by atoms with van der Waals surface area (Å²) in [5, 5.41) is 3.51. The molecule has 6 nitrogen and oxygen atoms in total. The molecular weight excluding hydrogens is 362 g/mol. The van der Waals surface area contributed by atoms with Crippen molar-refractivity contribution >= 4 is 28.3 Å². The molecule has 7 heteroatoms. The lowest BCUT2D eigenvalue weighted by molar-refractivity contribution is -0.130. The number of nitrogens with zero attached hydrogens (tertiary/aromatic N) is 2. The Kier molecular flexibility index (Phi) is 6.23. The summed E-state index contributed by atoms with van der Waals surface area (Å²) in [6.07, 6.45) is 1.08. The van der Waals surface area contributed by atoms with Crippen molar-refractivity contribution in [2.24, 2.45) is 5.92 Å². The first-order chi connectivity index (χ1) is 13.0. The van der Waals surface area contributed by atoms with E-state index in [-0.39, 0.29) is 30.2 Å². The van der Waals surface area contributed by atoms with Gasteiger partial charge in [-0.25, -0.2) is 4.98 Å². The van der Waals surface area contributed by atoms with Gasteiger partial charge in [0.2, 0.25) is 11.8 Å². The highest BCUT2D eigenvalue weighted by atomic mass is 32.1. The fraction of sp³-hybridized carbons (Fsp3) is 0.450. The van der Waals surface area contributed by atoms with Gasteiger partial charge in [0, 0.05) is 30.5 Å². The van der Waals surface area contributed by atoms with E-state index >= 15 is 0 Å². The predicted octanol–water partition coefficient (Wildman–Crippen LogP) is 3.19. The van der Waals surface area contributed by atoms with Crippen molar-refractivity contribution in [2.45, 2.75) is 32.7 Å². The second-order valence-corrected chi connectivity index (χ2v) is 7.83. The Hall–Kier alpha value is -2.25. The van der Waals surface area contributed by atoms with Crippen LogP contribution in [-0.2, 0) is 20.7 Å². The SMILES string of the molecule is CCc1sc(NC(=O)[C@H]2CC(=O)N([C@@H](C)COC)C2)nc1-c1ccccc1. The van der Waals surface area contributed by atoms with Gasteiger partial charge in [0.05, 0.1) is 24.3 Å². The molecule has 0 spiro atoms. The third-order valence-electron chi connectivity index (χ3n) is 4.76. The highest BCUT2D eigenvalue weighted by Crippen LogP contribution is 2.32. The molecule has 0 aliphatic carbocycles. The van der Waals surface area contributed by atoms with Crippen molar-refractivity contribution in [3.05, 3.63) is 35.2 Å². The van der Waals surface area contributed by atoms with Gasteiger partial charge in [0.25, 0.3) is 0 Å². The largest absolute Gasteiger partial charge is 0.383 e. The number of thiazole rings is 1. The van der Waals surface area contributed by atoms with Crippen molar-refractivity contribution < 1.29 is 14.3 Å². The zero-order chi connectivity index (χ0) is 19.4. The van der Waals surface area contributed by atoms with E-state index in [1.54, 1.807) is 12.0 Å². The first-order valence-electron chi connectivity index (χ1n) is 9.17. The summed E-state index contributed by atoms with van der Waals surface area (Å²) < 4.78 is 5.12. The second-order valence-electron chi connectivity index (χ2n) is 6.75. The highest BCUT2D eigenvalue weighted by Gasteiger charge is 2.36. The Labute approximate surface area is 163 Å². The van der Waals surface area contributed by atoms with Gasteiger partial charge in [-0.15, -0.1) is 11.3 Å². The molecule has 0 radical (unpaired) electrons. The van der Waals surface area contributed by atoms with Crippen LogP contribution in [0.5, 0.6) is 0 Å². The number of rotatable bonds is 7. The maximum Gasteiger partial charge on any atom is 0.231 e. The maximum atomic E-state index is 12.7. The number of aromatic nitrogens is 1. The monoisotopic (exact) mass is 387 g/mol. The van der Waals surface area contributed by atoms with Crippen LogP contribution in [-0.4, -0.2) is 48.0 Å². The molecule has 1 N–H and O–H groups in total. The number of ether oxygens (including phenoxy) is 1. The van der Waals surface area contributed by atoms with Crippen molar-refractivity contribution in [3.63, 3.8) is 0 Å². The van der Waals surface area contributed by atoms with Gasteiger partial charge in [0.1, 0.15) is 0 Å². The molecule has 1 aromatic heterocycles. The van der Waals surface area contributed by atoms with E-state index in [2.05, 4.69) is 17.2 Å². The number of hydrogen-bond donors (Lipinski definition) is 1. The normalized spacial score (nSPS) is 18.0. The van der Waals surface area contributed by atoms with E-state index in [1.807, 2.05) is 37.3 Å². The molecule has 0 saturated carbocycles. The summed E-state index contributed by atoms with van der Waals surface area (Å²) in [6, 6.07) is 9.93. The van der Waals surface area contributed by atoms with Crippen LogP contribution in [0.1, 0.15) is 25.1 Å². The Bertz CT molecular complexity index is 806. The van der Waals surface area contributed by atoms with Crippen LogP contribution < -0.4 is 5.32 Å². The van der Waals surface area contributed by atoms with Crippen molar-refractivity contribution in [1.29, 1.82) is 0 Å². The molecule has 1 saturated heterocycles. The number of likely N-dealkylation sites (tertiary alicyclic amines) is 1. The number of anilines is 1. The fourth-order valence-corrected chi connectivity index (χ4v) is 4.26. The minimum absolute atomic E-state index is 0.00180. The first-order valence-corrected chi connectivity index (χ1v) is 9.99. The molecule has 2 amide bonds. The summed E-state index contributed by atoms with van der Waals surface area (Å²) in [6.45, 7) is 4.90. The number of hydrogen-bond acceptors (Lipinski definition) is 5. The number of amides is 2. The number of benzene rings is 1. The Morgan fingerprint density at radius 2 is 2.15 bits per heavy atom. The molecule has 0 bridgehead atoms. The second kappa shape index (κ2) is 8.63. The minimum atomic E-state index is -0.356. The molecule has 0 unspecified atom stereocenters. The standard InChI is InChI=1S/C20H25N3O3S/c1-4-16-18(14-8-6-5-7-9-14)21-20(27-16)22-19(25)15-10-17(24)23(11-15)13(2)12-26-3/h5-9,13,15H,4,10-12H2,1-3H3,(H,21,22,25)/t13-,15-/m0/s1. The van der Waals surface area contributed by atoms with Crippen molar-refractivity contribution in [2.75, 3.05) is 25.6 Å². The number of carbonyl (C=O) groups is 2. The first kappa shape index (κ1) is 19.5. The average molecular weight is 388 g/mol. The van der Waals surface area contributed by atoms with E-state index < -0.39 is 0 Å². The van der Waals surface area contributed by atoms with Crippen LogP contribution in [0.4, 0.5) is 5.13 Å². The van der Waals surface area contributed by atoms with Crippen LogP contribution in [0.15, 0.2) is 30.3 Å². The summed E-state index contributed by atoms with van der Waals surface area (Å²) in [5.41, 5.74) is 1.96. The Balaban J connectivity index is 1.70. The molecule has 1 fully saturated rings. The number of aryl methyl sites for hydroxylation is 1. The molecule has 1 aliphatic heterocycles. The van der Waals surface area contributed by atoms with Crippen LogP contribution in [0.2, 0.25) is 0 Å². The van der Waals surface area contributed by atoms with Gasteiger partial charge < -0.3 is 15.0 Å². The lowest BCUT2D eigenvalue weighted by Crippen LogP contribution is -2.38. The summed E-state index contributed by atoms with van der Waals surface area (Å²) in [5.74, 6) is -0.504. The molecular formula is C20H25N3O3S. The van der Waals surface area contributed by atoms with Crippen molar-refractivity contribution in [3.8, 4) is 11.3 Å². The highest BCUT2D eigenvalue weighted by molar-refractivity contribution is 7.16. The number of methoxy groups -OCH3 is 1. The average Bonchev–Trinajstić information content (AvgIpc) is 3.26. The molecule has 2 aromatic rings. The zero-order valence-corrected chi connectivity index (χ0v) is 16.7. The molecule has 27 heavy (non-hydrogen) atoms. The lowest BCUT2D eigenvalue weighted by Gasteiger charge is -2.23. The third-order valence-corrected chi connectivity index (χ3v) is 5.88. The molecule has 2 heterocycles. The molecule has 1 aliphatic rings. The quantitative estimate of drug-likeness (QED) is 0.792. The van der Waals surface area contributed by atoms with E-state index in [9.17, 15) is 9.59 Å². The van der Waals surface area contributed by atoms with Crippen LogP contribution in [0.25, 0.3) is 11.3 Å². The third kappa shape index (κ3) is 4.36. The fourth-order valence-electron chi connectivity index (χ4n) is 3.34. The number of carbonyl (C=O) groups excluding carboxylic acids is 2. The van der Waals surface area contributed by atoms with Crippen molar-refractivity contribution in [1.82, 2.24) is 9.88 Å². The molecule has 2 atom stereocenters. The maximum absolute atomic E-state index is 12.7. The van der Waals surface area contributed by atoms with Gasteiger partial charge in [0.15, 0.2) is 5.13 Å². The van der Waals surface area contributed by atoms with Gasteiger partial charge >= 0.3 is 0 Å². The van der Waals surface area contributed by atoms with Crippen LogP contribution in [0, 0.1) is 5.92 Å². The van der Waals surface area contributed by atoms with E-state index in [0.29, 0.717) is 18.3 Å². The molecule has 3 rings (SSSR count). The predicted molar refractivity (Wildman–Crippen MR) is 107 cm³/mol. The molecule has 144 valence electrons. The summed E-state index contributed by atoms with van der Waals surface area (Å²) in [4.78, 5) is 32.4. The lowest BCUT2D eigenvalue weighted by atomic mass is 10.1. The van der Waals surface area contributed by atoms with Gasteiger partial charge in [-0.2, -0.15) is 0 Å². The van der Waals surface area contributed by atoms with Crippen LogP contribution >= 0.6 is 11.3 Å². The summed E-state index contributed by atoms with van der Waals surface area (Å²) in [7, 11) is 1.61. The smallest absolute Gasteiger partial charge is 0.231 e. The van der Waals surface area contributed by atoms with Gasteiger partial charge in [-0.3, -0.25) is 9.59 Å². The van der Waals surface area contributed by atoms with E-state index in [1.165, 1.54) is 11.3 Å². The Morgan fingerprint density at radius 3 is 2.81 bits per heavy atom. The molecule has 1 aromatic carbocycles. The topological polar surface area (TPSA) is 71.5 Å². The van der Waals surface area contributed by atoms with Gasteiger partial charge in [-0.1, -0.05) is 37.3 Å². The summed E-state index contributed by atoms with van der Waals surface area (Å²) >= 11 is 1.50. The van der Waals surface area contributed by atoms with E-state index in [0.717, 1.165) is 22.6 Å². The zero-order valence-electron chi connectivity index (χ0n) is 15.9. The minimum Gasteiger partial charge on any atom is -0.383 e. The number of nitrogens with one attached hydrogen (secondary N) is 1. The Morgan fingerprint density at radius 1 is 1.41 bits per heavy atom. The van der Waals surface area contributed by atoms with Gasteiger partial charge in [-0.05, 0) is 13.3 Å². The van der Waals surface area contributed by atoms with Crippen LogP contribution in [0.3, 0.4) is 0 Å².